The fourth-order valence-corrected chi connectivity index (χ4v) is 0.752. The summed E-state index contributed by atoms with van der Waals surface area (Å²) in [6.07, 6.45) is -2.49. The van der Waals surface area contributed by atoms with Crippen molar-refractivity contribution in [3.8, 4) is 0 Å². The molecule has 1 fully saturated rings. The van der Waals surface area contributed by atoms with E-state index in [1.165, 1.54) is 0 Å². The SMILES string of the molecule is O[C@@H]1CO[C@@H](O)C[C@H]1O. The zero-order valence-corrected chi connectivity index (χ0v) is 4.90. The van der Waals surface area contributed by atoms with Crippen molar-refractivity contribution >= 4 is 0 Å². The van der Waals surface area contributed by atoms with Gasteiger partial charge < -0.3 is 20.1 Å². The summed E-state index contributed by atoms with van der Waals surface area (Å²) in [6, 6.07) is 0. The highest BCUT2D eigenvalue weighted by Crippen LogP contribution is 2.11. The van der Waals surface area contributed by atoms with Crippen LogP contribution in [0.1, 0.15) is 6.42 Å². The van der Waals surface area contributed by atoms with E-state index >= 15 is 0 Å². The minimum Gasteiger partial charge on any atom is -0.390 e. The van der Waals surface area contributed by atoms with Crippen molar-refractivity contribution in [1.82, 2.24) is 0 Å². The molecule has 0 unspecified atom stereocenters. The van der Waals surface area contributed by atoms with Crippen LogP contribution in [0.5, 0.6) is 0 Å². The molecule has 0 aromatic carbocycles. The molecule has 9 heavy (non-hydrogen) atoms. The molecule has 1 aliphatic heterocycles. The van der Waals surface area contributed by atoms with E-state index in [2.05, 4.69) is 4.74 Å². The molecule has 0 spiro atoms. The first-order valence-corrected chi connectivity index (χ1v) is 2.86. The second-order valence-electron chi connectivity index (χ2n) is 2.16. The average Bonchev–Trinajstić information content (AvgIpc) is 1.80. The fourth-order valence-electron chi connectivity index (χ4n) is 0.752. The standard InChI is InChI=1S/C5H10O4/c6-3-1-5(8)9-2-4(3)7/h3-8H,1-2H2/t3-,4-,5-/m1/s1. The van der Waals surface area contributed by atoms with Crippen LogP contribution in [0, 0.1) is 0 Å². The molecule has 0 aliphatic carbocycles. The van der Waals surface area contributed by atoms with E-state index in [0.717, 1.165) is 0 Å². The second kappa shape index (κ2) is 2.62. The van der Waals surface area contributed by atoms with Crippen molar-refractivity contribution in [3.63, 3.8) is 0 Å². The molecule has 0 bridgehead atoms. The number of aliphatic hydroxyl groups excluding tert-OH is 3. The van der Waals surface area contributed by atoms with Crippen molar-refractivity contribution in [2.75, 3.05) is 6.61 Å². The highest BCUT2D eigenvalue weighted by atomic mass is 16.6. The summed E-state index contributed by atoms with van der Waals surface area (Å²) in [5.74, 6) is 0. The first-order valence-electron chi connectivity index (χ1n) is 2.86. The minimum absolute atomic E-state index is 0.0162. The van der Waals surface area contributed by atoms with Gasteiger partial charge in [0.05, 0.1) is 12.7 Å². The molecule has 0 saturated carbocycles. The molecule has 1 rings (SSSR count). The molecule has 1 aliphatic rings. The molecule has 0 aromatic rings. The summed E-state index contributed by atoms with van der Waals surface area (Å²) in [5, 5.41) is 26.4. The maximum absolute atomic E-state index is 8.86. The van der Waals surface area contributed by atoms with Gasteiger partial charge in [-0.3, -0.25) is 0 Å². The number of ether oxygens (including phenoxy) is 1. The molecule has 3 atom stereocenters. The molecule has 0 aromatic heterocycles. The molecular weight excluding hydrogens is 124 g/mol. The molecular formula is C5H10O4. The van der Waals surface area contributed by atoms with Gasteiger partial charge in [0.25, 0.3) is 0 Å². The summed E-state index contributed by atoms with van der Waals surface area (Å²) < 4.78 is 4.61. The summed E-state index contributed by atoms with van der Waals surface area (Å²) in [6.45, 7) is 0.0162. The van der Waals surface area contributed by atoms with Crippen LogP contribution in [0.2, 0.25) is 0 Å². The van der Waals surface area contributed by atoms with Crippen LogP contribution in [-0.2, 0) is 4.74 Å². The van der Waals surface area contributed by atoms with Crippen molar-refractivity contribution in [2.24, 2.45) is 0 Å². The Morgan fingerprint density at radius 3 is 2.22 bits per heavy atom. The van der Waals surface area contributed by atoms with Crippen LogP contribution in [0.4, 0.5) is 0 Å². The molecule has 54 valence electrons. The number of aliphatic hydroxyl groups is 3. The summed E-state index contributed by atoms with van der Waals surface area (Å²) >= 11 is 0. The van der Waals surface area contributed by atoms with Crippen LogP contribution in [0.15, 0.2) is 0 Å². The van der Waals surface area contributed by atoms with Gasteiger partial charge in [-0.15, -0.1) is 0 Å². The summed E-state index contributed by atoms with van der Waals surface area (Å²) in [7, 11) is 0. The number of hydrogen-bond acceptors (Lipinski definition) is 4. The molecule has 0 radical (unpaired) electrons. The van der Waals surface area contributed by atoms with Gasteiger partial charge in [-0.1, -0.05) is 0 Å². The van der Waals surface area contributed by atoms with Gasteiger partial charge in [0, 0.05) is 6.42 Å². The summed E-state index contributed by atoms with van der Waals surface area (Å²) in [5.41, 5.74) is 0. The third kappa shape index (κ3) is 1.62. The Bertz CT molecular complexity index is 95.0. The fraction of sp³-hybridized carbons (Fsp3) is 1.00. The normalized spacial score (nSPS) is 45.0. The Morgan fingerprint density at radius 2 is 1.78 bits per heavy atom. The van der Waals surface area contributed by atoms with Crippen molar-refractivity contribution < 1.29 is 20.1 Å². The zero-order valence-electron chi connectivity index (χ0n) is 4.90. The molecule has 4 heteroatoms. The topological polar surface area (TPSA) is 69.9 Å². The highest BCUT2D eigenvalue weighted by molar-refractivity contribution is 4.72. The van der Waals surface area contributed by atoms with Crippen LogP contribution in [0.3, 0.4) is 0 Å². The van der Waals surface area contributed by atoms with E-state index in [1.54, 1.807) is 0 Å². The van der Waals surface area contributed by atoms with Crippen LogP contribution in [0.25, 0.3) is 0 Å². The predicted octanol–water partition coefficient (Wildman–Crippen LogP) is -1.55. The minimum atomic E-state index is -0.914. The van der Waals surface area contributed by atoms with Gasteiger partial charge in [0.1, 0.15) is 6.10 Å². The lowest BCUT2D eigenvalue weighted by molar-refractivity contribution is -0.193. The average molecular weight is 134 g/mol. The van der Waals surface area contributed by atoms with Crippen molar-refractivity contribution in [1.29, 1.82) is 0 Å². The second-order valence-corrected chi connectivity index (χ2v) is 2.16. The zero-order chi connectivity index (χ0) is 6.85. The maximum Gasteiger partial charge on any atom is 0.157 e. The van der Waals surface area contributed by atoms with E-state index in [-0.39, 0.29) is 13.0 Å². The third-order valence-electron chi connectivity index (χ3n) is 1.35. The summed E-state index contributed by atoms with van der Waals surface area (Å²) in [4.78, 5) is 0. The Labute approximate surface area is 52.7 Å². The lowest BCUT2D eigenvalue weighted by Crippen LogP contribution is -2.40. The molecule has 3 N–H and O–H groups in total. The first kappa shape index (κ1) is 6.95. The molecule has 4 nitrogen and oxygen atoms in total. The number of hydrogen-bond donors (Lipinski definition) is 3. The van der Waals surface area contributed by atoms with E-state index in [4.69, 9.17) is 15.3 Å². The Morgan fingerprint density at radius 1 is 1.11 bits per heavy atom. The largest absolute Gasteiger partial charge is 0.390 e. The van der Waals surface area contributed by atoms with Crippen LogP contribution >= 0.6 is 0 Å². The highest BCUT2D eigenvalue weighted by Gasteiger charge is 2.26. The molecule has 0 amide bonds. The maximum atomic E-state index is 8.86. The van der Waals surface area contributed by atoms with E-state index in [9.17, 15) is 0 Å². The van der Waals surface area contributed by atoms with Crippen molar-refractivity contribution in [3.05, 3.63) is 0 Å². The van der Waals surface area contributed by atoms with Crippen LogP contribution < -0.4 is 0 Å². The van der Waals surface area contributed by atoms with Gasteiger partial charge in [-0.25, -0.2) is 0 Å². The third-order valence-corrected chi connectivity index (χ3v) is 1.35. The Balaban J connectivity index is 2.35. The Hall–Kier alpha value is -0.160. The molecule has 1 saturated heterocycles. The van der Waals surface area contributed by atoms with E-state index < -0.39 is 18.5 Å². The van der Waals surface area contributed by atoms with Gasteiger partial charge in [-0.2, -0.15) is 0 Å². The Kier molecular flexibility index (Phi) is 2.02. The molecule has 1 heterocycles. The van der Waals surface area contributed by atoms with Crippen molar-refractivity contribution in [2.45, 2.75) is 24.9 Å². The van der Waals surface area contributed by atoms with Gasteiger partial charge in [0.2, 0.25) is 0 Å². The van der Waals surface area contributed by atoms with Gasteiger partial charge in [-0.05, 0) is 0 Å². The lowest BCUT2D eigenvalue weighted by Gasteiger charge is -2.26. The first-order chi connectivity index (χ1) is 4.20. The quantitative estimate of drug-likeness (QED) is 0.375. The van der Waals surface area contributed by atoms with Gasteiger partial charge in [0.15, 0.2) is 6.29 Å². The lowest BCUT2D eigenvalue weighted by atomic mass is 10.1. The number of rotatable bonds is 0. The predicted molar refractivity (Wildman–Crippen MR) is 28.6 cm³/mol. The van der Waals surface area contributed by atoms with E-state index in [1.807, 2.05) is 0 Å². The van der Waals surface area contributed by atoms with Crippen LogP contribution in [-0.4, -0.2) is 40.4 Å². The monoisotopic (exact) mass is 134 g/mol. The smallest absolute Gasteiger partial charge is 0.157 e. The van der Waals surface area contributed by atoms with E-state index in [0.29, 0.717) is 0 Å². The van der Waals surface area contributed by atoms with Gasteiger partial charge >= 0.3 is 0 Å².